The third kappa shape index (κ3) is 5.75. The van der Waals surface area contributed by atoms with Crippen molar-refractivity contribution >= 4 is 5.91 Å². The van der Waals surface area contributed by atoms with Crippen LogP contribution in [-0.2, 0) is 16.1 Å². The summed E-state index contributed by atoms with van der Waals surface area (Å²) >= 11 is 0. The number of nitrogens with one attached hydrogen (secondary N) is 1. The number of nitrogens with zero attached hydrogens (tertiary/aromatic N) is 2. The molecule has 0 saturated carbocycles. The van der Waals surface area contributed by atoms with E-state index in [-0.39, 0.29) is 5.91 Å². The summed E-state index contributed by atoms with van der Waals surface area (Å²) in [6, 6.07) is 10.5. The minimum atomic E-state index is 0.205. The molecule has 22 heavy (non-hydrogen) atoms. The summed E-state index contributed by atoms with van der Waals surface area (Å²) in [4.78, 5) is 16.5. The van der Waals surface area contributed by atoms with Crippen molar-refractivity contribution in [3.8, 4) is 0 Å². The van der Waals surface area contributed by atoms with Crippen LogP contribution in [0.5, 0.6) is 0 Å². The van der Waals surface area contributed by atoms with E-state index in [2.05, 4.69) is 34.5 Å². The molecule has 2 rings (SSSR count). The maximum absolute atomic E-state index is 12.1. The molecule has 1 aromatic rings. The largest absolute Gasteiger partial charge is 0.385 e. The van der Waals surface area contributed by atoms with E-state index in [1.165, 1.54) is 5.56 Å². The average Bonchev–Trinajstić information content (AvgIpc) is 2.56. The van der Waals surface area contributed by atoms with Crippen molar-refractivity contribution in [2.45, 2.75) is 13.0 Å². The van der Waals surface area contributed by atoms with Crippen molar-refractivity contribution in [3.63, 3.8) is 0 Å². The van der Waals surface area contributed by atoms with Gasteiger partial charge in [-0.3, -0.25) is 9.69 Å². The zero-order chi connectivity index (χ0) is 15.6. The molecule has 0 aliphatic carbocycles. The minimum absolute atomic E-state index is 0.205. The van der Waals surface area contributed by atoms with Gasteiger partial charge < -0.3 is 15.0 Å². The molecule has 1 amide bonds. The molecule has 1 aliphatic rings. The van der Waals surface area contributed by atoms with Gasteiger partial charge in [-0.15, -0.1) is 0 Å². The Bertz CT molecular complexity index is 431. The smallest absolute Gasteiger partial charge is 0.236 e. The van der Waals surface area contributed by atoms with Gasteiger partial charge in [0, 0.05) is 46.4 Å². The van der Waals surface area contributed by atoms with Crippen LogP contribution >= 0.6 is 0 Å². The topological polar surface area (TPSA) is 44.8 Å². The Kier molecular flexibility index (Phi) is 7.36. The van der Waals surface area contributed by atoms with Crippen molar-refractivity contribution in [1.29, 1.82) is 0 Å². The Morgan fingerprint density at radius 2 is 1.91 bits per heavy atom. The Morgan fingerprint density at radius 1 is 1.18 bits per heavy atom. The molecule has 122 valence electrons. The van der Waals surface area contributed by atoms with Crippen LogP contribution < -0.4 is 5.32 Å². The Morgan fingerprint density at radius 3 is 2.59 bits per heavy atom. The number of piperazine rings is 1. The molecule has 5 heteroatoms. The van der Waals surface area contributed by atoms with E-state index in [1.807, 2.05) is 11.0 Å². The summed E-state index contributed by atoms with van der Waals surface area (Å²) in [5.74, 6) is 0.205. The van der Waals surface area contributed by atoms with Crippen LogP contribution in [0.2, 0.25) is 0 Å². The summed E-state index contributed by atoms with van der Waals surface area (Å²) in [7, 11) is 1.69. The first-order chi connectivity index (χ1) is 10.8. The van der Waals surface area contributed by atoms with Gasteiger partial charge in [-0.05, 0) is 18.5 Å². The molecular formula is C17H27N3O2. The lowest BCUT2D eigenvalue weighted by Gasteiger charge is -2.34. The lowest BCUT2D eigenvalue weighted by atomic mass is 10.2. The second-order valence-electron chi connectivity index (χ2n) is 5.67. The molecule has 1 saturated heterocycles. The molecule has 0 spiro atoms. The number of methoxy groups -OCH3 is 1. The summed E-state index contributed by atoms with van der Waals surface area (Å²) in [5, 5.41) is 3.18. The fourth-order valence-electron chi connectivity index (χ4n) is 2.65. The SMILES string of the molecule is COCCCNCC(=O)N1CCN(Cc2ccccc2)CC1. The number of rotatable bonds is 8. The maximum Gasteiger partial charge on any atom is 0.236 e. The van der Waals surface area contributed by atoms with Gasteiger partial charge in [-0.25, -0.2) is 0 Å². The van der Waals surface area contributed by atoms with Crippen molar-refractivity contribution in [2.75, 3.05) is 53.0 Å². The lowest BCUT2D eigenvalue weighted by molar-refractivity contribution is -0.132. The molecule has 0 bridgehead atoms. The highest BCUT2D eigenvalue weighted by atomic mass is 16.5. The highest BCUT2D eigenvalue weighted by Crippen LogP contribution is 2.08. The predicted octanol–water partition coefficient (Wildman–Crippen LogP) is 0.957. The molecule has 5 nitrogen and oxygen atoms in total. The number of benzene rings is 1. The quantitative estimate of drug-likeness (QED) is 0.727. The van der Waals surface area contributed by atoms with Crippen molar-refractivity contribution < 1.29 is 9.53 Å². The third-order valence-corrected chi connectivity index (χ3v) is 3.95. The fraction of sp³-hybridized carbons (Fsp3) is 0.588. The number of ether oxygens (including phenoxy) is 1. The monoisotopic (exact) mass is 305 g/mol. The second-order valence-corrected chi connectivity index (χ2v) is 5.67. The van der Waals surface area contributed by atoms with E-state index < -0.39 is 0 Å². The number of amides is 1. The van der Waals surface area contributed by atoms with E-state index in [9.17, 15) is 4.79 Å². The summed E-state index contributed by atoms with van der Waals surface area (Å²) in [6.45, 7) is 6.51. The van der Waals surface area contributed by atoms with Gasteiger partial charge in [0.1, 0.15) is 0 Å². The first kappa shape index (κ1) is 16.9. The van der Waals surface area contributed by atoms with Crippen molar-refractivity contribution in [2.24, 2.45) is 0 Å². The molecule has 1 heterocycles. The van der Waals surface area contributed by atoms with E-state index in [4.69, 9.17) is 4.74 Å². The molecule has 0 unspecified atom stereocenters. The van der Waals surface area contributed by atoms with Crippen LogP contribution in [0, 0.1) is 0 Å². The highest BCUT2D eigenvalue weighted by molar-refractivity contribution is 5.78. The Hall–Kier alpha value is -1.43. The molecule has 0 aromatic heterocycles. The van der Waals surface area contributed by atoms with Gasteiger partial charge in [0.25, 0.3) is 0 Å². The number of carbonyl (C=O) groups is 1. The first-order valence-corrected chi connectivity index (χ1v) is 8.03. The highest BCUT2D eigenvalue weighted by Gasteiger charge is 2.20. The van der Waals surface area contributed by atoms with Crippen molar-refractivity contribution in [3.05, 3.63) is 35.9 Å². The van der Waals surface area contributed by atoms with Crippen LogP contribution in [-0.4, -0.2) is 68.7 Å². The van der Waals surface area contributed by atoms with Gasteiger partial charge in [0.2, 0.25) is 5.91 Å². The summed E-state index contributed by atoms with van der Waals surface area (Å²) in [6.07, 6.45) is 0.939. The normalized spacial score (nSPS) is 16.0. The molecular weight excluding hydrogens is 278 g/mol. The molecule has 1 aliphatic heterocycles. The van der Waals surface area contributed by atoms with E-state index in [1.54, 1.807) is 7.11 Å². The van der Waals surface area contributed by atoms with Crippen LogP contribution in [0.3, 0.4) is 0 Å². The van der Waals surface area contributed by atoms with Crippen LogP contribution in [0.15, 0.2) is 30.3 Å². The fourth-order valence-corrected chi connectivity index (χ4v) is 2.65. The Balaban J connectivity index is 1.63. The summed E-state index contributed by atoms with van der Waals surface area (Å²) < 4.78 is 4.98. The van der Waals surface area contributed by atoms with Gasteiger partial charge in [-0.1, -0.05) is 30.3 Å². The molecule has 0 radical (unpaired) electrons. The molecule has 1 fully saturated rings. The van der Waals surface area contributed by atoms with Crippen molar-refractivity contribution in [1.82, 2.24) is 15.1 Å². The van der Waals surface area contributed by atoms with Gasteiger partial charge in [-0.2, -0.15) is 0 Å². The molecule has 1 aromatic carbocycles. The maximum atomic E-state index is 12.1. The second kappa shape index (κ2) is 9.56. The first-order valence-electron chi connectivity index (χ1n) is 8.03. The van der Waals surface area contributed by atoms with E-state index in [0.29, 0.717) is 6.54 Å². The molecule has 1 N–H and O–H groups in total. The van der Waals surface area contributed by atoms with Gasteiger partial charge in [0.05, 0.1) is 6.54 Å². The lowest BCUT2D eigenvalue weighted by Crippen LogP contribution is -2.50. The zero-order valence-electron chi connectivity index (χ0n) is 13.5. The number of hydrogen-bond acceptors (Lipinski definition) is 4. The number of hydrogen-bond donors (Lipinski definition) is 1. The average molecular weight is 305 g/mol. The standard InChI is InChI=1S/C17H27N3O2/c1-22-13-5-8-18-14-17(21)20-11-9-19(10-12-20)15-16-6-3-2-4-7-16/h2-4,6-7,18H,5,8-15H2,1H3. The predicted molar refractivity (Wildman–Crippen MR) is 87.7 cm³/mol. The van der Waals surface area contributed by atoms with E-state index in [0.717, 1.165) is 52.3 Å². The minimum Gasteiger partial charge on any atom is -0.385 e. The van der Waals surface area contributed by atoms with Crippen LogP contribution in [0.1, 0.15) is 12.0 Å². The Labute approximate surface area is 133 Å². The third-order valence-electron chi connectivity index (χ3n) is 3.95. The van der Waals surface area contributed by atoms with Crippen LogP contribution in [0.25, 0.3) is 0 Å². The molecule has 0 atom stereocenters. The summed E-state index contributed by atoms with van der Waals surface area (Å²) in [5.41, 5.74) is 1.34. The van der Waals surface area contributed by atoms with Gasteiger partial charge >= 0.3 is 0 Å². The van der Waals surface area contributed by atoms with Gasteiger partial charge in [0.15, 0.2) is 0 Å². The zero-order valence-corrected chi connectivity index (χ0v) is 13.5. The van der Waals surface area contributed by atoms with Crippen LogP contribution in [0.4, 0.5) is 0 Å². The number of carbonyl (C=O) groups excluding carboxylic acids is 1. The van der Waals surface area contributed by atoms with E-state index >= 15 is 0 Å².